The molecule has 0 N–H and O–H groups in total. The molecule has 0 amide bonds. The number of Topliss-reactive ketones (excluding diaryl/α,β-unsaturated/α-hetero) is 1. The van der Waals surface area contributed by atoms with Crippen molar-refractivity contribution in [2.45, 2.75) is 20.8 Å². The molecule has 20 heavy (non-hydrogen) atoms. The summed E-state index contributed by atoms with van der Waals surface area (Å²) in [5.41, 5.74) is 3.49. The van der Waals surface area contributed by atoms with E-state index in [2.05, 4.69) is 4.57 Å². The first-order chi connectivity index (χ1) is 9.51. The van der Waals surface area contributed by atoms with Gasteiger partial charge in [-0.25, -0.2) is 0 Å². The van der Waals surface area contributed by atoms with Gasteiger partial charge < -0.3 is 14.0 Å². The molecule has 2 aromatic rings. The minimum absolute atomic E-state index is 0.0805. The van der Waals surface area contributed by atoms with E-state index in [1.165, 1.54) is 6.92 Å². The third-order valence-corrected chi connectivity index (χ3v) is 3.39. The van der Waals surface area contributed by atoms with Crippen molar-refractivity contribution >= 4 is 5.78 Å². The fourth-order valence-electron chi connectivity index (χ4n) is 2.49. The molecule has 2 rings (SSSR count). The topological polar surface area (TPSA) is 40.5 Å². The van der Waals surface area contributed by atoms with Gasteiger partial charge in [-0.1, -0.05) is 0 Å². The third kappa shape index (κ3) is 2.18. The quantitative estimate of drug-likeness (QED) is 0.802. The number of ether oxygens (including phenoxy) is 2. The molecule has 0 saturated carbocycles. The molecule has 0 aliphatic rings. The van der Waals surface area contributed by atoms with E-state index in [0.29, 0.717) is 17.1 Å². The van der Waals surface area contributed by atoms with E-state index in [4.69, 9.17) is 9.47 Å². The molecule has 0 fully saturated rings. The van der Waals surface area contributed by atoms with Crippen LogP contribution in [0.15, 0.2) is 24.3 Å². The first-order valence-corrected chi connectivity index (χ1v) is 6.42. The van der Waals surface area contributed by atoms with Gasteiger partial charge in [0.25, 0.3) is 0 Å². The second kappa shape index (κ2) is 5.41. The average molecular weight is 273 g/mol. The minimum atomic E-state index is -0.0805. The highest BCUT2D eigenvalue weighted by molar-refractivity contribution is 6.00. The molecule has 0 aliphatic carbocycles. The lowest BCUT2D eigenvalue weighted by Gasteiger charge is -2.18. The van der Waals surface area contributed by atoms with Crippen molar-refractivity contribution in [1.29, 1.82) is 0 Å². The molecule has 0 aliphatic heterocycles. The third-order valence-electron chi connectivity index (χ3n) is 3.39. The molecule has 0 bridgehead atoms. The van der Waals surface area contributed by atoms with Crippen LogP contribution in [0.3, 0.4) is 0 Å². The standard InChI is InChI=1S/C16H19NO3/c1-10-6-7-11(2)17(10)13-8-9-14(19-4)15(12(3)18)16(13)20-5/h6-9H,1-5H3. The number of aryl methyl sites for hydroxylation is 2. The van der Waals surface area contributed by atoms with Crippen LogP contribution >= 0.6 is 0 Å². The average Bonchev–Trinajstić information content (AvgIpc) is 2.76. The zero-order valence-electron chi connectivity index (χ0n) is 12.5. The van der Waals surface area contributed by atoms with Gasteiger partial charge in [-0.05, 0) is 45.0 Å². The summed E-state index contributed by atoms with van der Waals surface area (Å²) < 4.78 is 12.8. The SMILES string of the molecule is COc1ccc(-n2c(C)ccc2C)c(OC)c1C(C)=O. The van der Waals surface area contributed by atoms with Gasteiger partial charge in [-0.2, -0.15) is 0 Å². The number of methoxy groups -OCH3 is 2. The normalized spacial score (nSPS) is 10.4. The number of carbonyl (C=O) groups is 1. The molecular weight excluding hydrogens is 254 g/mol. The van der Waals surface area contributed by atoms with Gasteiger partial charge in [-0.15, -0.1) is 0 Å². The summed E-state index contributed by atoms with van der Waals surface area (Å²) in [6.45, 7) is 5.55. The molecule has 106 valence electrons. The Morgan fingerprint density at radius 2 is 1.60 bits per heavy atom. The molecule has 0 atom stereocenters. The monoisotopic (exact) mass is 273 g/mol. The minimum Gasteiger partial charge on any atom is -0.496 e. The smallest absolute Gasteiger partial charge is 0.167 e. The highest BCUT2D eigenvalue weighted by Gasteiger charge is 2.20. The maximum Gasteiger partial charge on any atom is 0.167 e. The van der Waals surface area contributed by atoms with Crippen LogP contribution in [0.1, 0.15) is 28.7 Å². The maximum absolute atomic E-state index is 11.9. The van der Waals surface area contributed by atoms with Crippen molar-refractivity contribution in [2.24, 2.45) is 0 Å². The van der Waals surface area contributed by atoms with Gasteiger partial charge in [0.1, 0.15) is 11.3 Å². The van der Waals surface area contributed by atoms with Crippen LogP contribution in [0.4, 0.5) is 0 Å². The van der Waals surface area contributed by atoms with Gasteiger partial charge in [-0.3, -0.25) is 4.79 Å². The van der Waals surface area contributed by atoms with Crippen LogP contribution in [-0.2, 0) is 0 Å². The first-order valence-electron chi connectivity index (χ1n) is 6.42. The van der Waals surface area contributed by atoms with Gasteiger partial charge in [0, 0.05) is 11.4 Å². The molecule has 4 nitrogen and oxygen atoms in total. The van der Waals surface area contributed by atoms with Crippen molar-refractivity contribution in [2.75, 3.05) is 14.2 Å². The van der Waals surface area contributed by atoms with Gasteiger partial charge >= 0.3 is 0 Å². The highest BCUT2D eigenvalue weighted by Crippen LogP contribution is 2.36. The highest BCUT2D eigenvalue weighted by atomic mass is 16.5. The summed E-state index contributed by atoms with van der Waals surface area (Å²) in [7, 11) is 3.12. The van der Waals surface area contributed by atoms with Crippen LogP contribution in [0.2, 0.25) is 0 Å². The Hall–Kier alpha value is -2.23. The molecule has 0 spiro atoms. The molecule has 4 heteroatoms. The van der Waals surface area contributed by atoms with Crippen molar-refractivity contribution in [1.82, 2.24) is 4.57 Å². The number of carbonyl (C=O) groups excluding carboxylic acids is 1. The van der Waals surface area contributed by atoms with E-state index in [1.807, 2.05) is 32.0 Å². The first kappa shape index (κ1) is 14.2. The molecule has 1 aromatic carbocycles. The van der Waals surface area contributed by atoms with Gasteiger partial charge in [0.05, 0.1) is 19.9 Å². The van der Waals surface area contributed by atoms with Crippen LogP contribution in [-0.4, -0.2) is 24.6 Å². The largest absolute Gasteiger partial charge is 0.496 e. The van der Waals surface area contributed by atoms with E-state index in [9.17, 15) is 4.79 Å². The molecule has 0 saturated heterocycles. The van der Waals surface area contributed by atoms with E-state index in [0.717, 1.165) is 17.1 Å². The van der Waals surface area contributed by atoms with E-state index in [-0.39, 0.29) is 5.78 Å². The molecule has 1 heterocycles. The predicted octanol–water partition coefficient (Wildman–Crippen LogP) is 3.31. The molecule has 1 aromatic heterocycles. The Labute approximate surface area is 118 Å². The fourth-order valence-corrected chi connectivity index (χ4v) is 2.49. The van der Waals surface area contributed by atoms with Crippen molar-refractivity contribution in [3.05, 3.63) is 41.2 Å². The zero-order valence-corrected chi connectivity index (χ0v) is 12.5. The molecular formula is C16H19NO3. The maximum atomic E-state index is 11.9. The summed E-state index contributed by atoms with van der Waals surface area (Å²) in [6, 6.07) is 7.77. The van der Waals surface area contributed by atoms with Crippen LogP contribution < -0.4 is 9.47 Å². The Morgan fingerprint density at radius 3 is 2.05 bits per heavy atom. The van der Waals surface area contributed by atoms with E-state index >= 15 is 0 Å². The fraction of sp³-hybridized carbons (Fsp3) is 0.312. The summed E-state index contributed by atoms with van der Waals surface area (Å²) in [6.07, 6.45) is 0. The van der Waals surface area contributed by atoms with Crippen LogP contribution in [0.25, 0.3) is 5.69 Å². The Balaban J connectivity index is 2.79. The Bertz CT molecular complexity index is 636. The van der Waals surface area contributed by atoms with Gasteiger partial charge in [0.2, 0.25) is 0 Å². The number of nitrogens with zero attached hydrogens (tertiary/aromatic N) is 1. The van der Waals surface area contributed by atoms with Crippen molar-refractivity contribution in [3.63, 3.8) is 0 Å². The zero-order chi connectivity index (χ0) is 14.9. The van der Waals surface area contributed by atoms with Crippen LogP contribution in [0, 0.1) is 13.8 Å². The number of hydrogen-bond acceptors (Lipinski definition) is 3. The van der Waals surface area contributed by atoms with E-state index in [1.54, 1.807) is 20.3 Å². The number of benzene rings is 1. The number of rotatable bonds is 4. The summed E-state index contributed by atoms with van der Waals surface area (Å²) in [4.78, 5) is 11.9. The lowest BCUT2D eigenvalue weighted by Crippen LogP contribution is -2.07. The van der Waals surface area contributed by atoms with Crippen molar-refractivity contribution in [3.8, 4) is 17.2 Å². The Kier molecular flexibility index (Phi) is 3.84. The van der Waals surface area contributed by atoms with E-state index < -0.39 is 0 Å². The molecule has 0 unspecified atom stereocenters. The summed E-state index contributed by atoms with van der Waals surface area (Å²) in [5, 5.41) is 0. The van der Waals surface area contributed by atoms with Crippen molar-refractivity contribution < 1.29 is 14.3 Å². The number of aromatic nitrogens is 1. The number of hydrogen-bond donors (Lipinski definition) is 0. The summed E-state index contributed by atoms with van der Waals surface area (Å²) in [5.74, 6) is 0.989. The second-order valence-corrected chi connectivity index (χ2v) is 4.70. The Morgan fingerprint density at radius 1 is 1.00 bits per heavy atom. The van der Waals surface area contributed by atoms with Crippen LogP contribution in [0.5, 0.6) is 11.5 Å². The second-order valence-electron chi connectivity index (χ2n) is 4.70. The molecule has 0 radical (unpaired) electrons. The lowest BCUT2D eigenvalue weighted by molar-refractivity contribution is 0.101. The number of ketones is 1. The van der Waals surface area contributed by atoms with Gasteiger partial charge in [0.15, 0.2) is 11.5 Å². The lowest BCUT2D eigenvalue weighted by atomic mass is 10.1. The predicted molar refractivity (Wildman–Crippen MR) is 78.4 cm³/mol. The summed E-state index contributed by atoms with van der Waals surface area (Å²) >= 11 is 0.